The van der Waals surface area contributed by atoms with Gasteiger partial charge in [-0.3, -0.25) is 9.59 Å². The molecule has 1 aliphatic heterocycles. The molecular formula is C16H21NO2. The van der Waals surface area contributed by atoms with E-state index in [1.54, 1.807) is 4.90 Å². The quantitative estimate of drug-likeness (QED) is 0.836. The minimum atomic E-state index is 0.0446. The zero-order valence-corrected chi connectivity index (χ0v) is 11.7. The molecule has 0 aromatic heterocycles. The summed E-state index contributed by atoms with van der Waals surface area (Å²) < 4.78 is 0. The number of Topliss-reactive ketones (excluding diaryl/α,β-unsaturated/α-hetero) is 1. The first kappa shape index (κ1) is 13.8. The number of amides is 1. The molecular weight excluding hydrogens is 238 g/mol. The Morgan fingerprint density at radius 2 is 1.79 bits per heavy atom. The van der Waals surface area contributed by atoms with E-state index >= 15 is 0 Å². The predicted octanol–water partition coefficient (Wildman–Crippen LogP) is 3.01. The summed E-state index contributed by atoms with van der Waals surface area (Å²) in [6.45, 7) is 5.47. The van der Waals surface area contributed by atoms with Crippen molar-refractivity contribution in [2.75, 3.05) is 13.1 Å². The fraction of sp³-hybridized carbons (Fsp3) is 0.500. The first-order chi connectivity index (χ1) is 9.11. The van der Waals surface area contributed by atoms with E-state index in [4.69, 9.17) is 0 Å². The third-order valence-corrected chi connectivity index (χ3v) is 3.95. The summed E-state index contributed by atoms with van der Waals surface area (Å²) in [5, 5.41) is 0. The van der Waals surface area contributed by atoms with Gasteiger partial charge >= 0.3 is 0 Å². The second-order valence-corrected chi connectivity index (χ2v) is 5.26. The summed E-state index contributed by atoms with van der Waals surface area (Å²) in [7, 11) is 0. The molecule has 1 saturated heterocycles. The summed E-state index contributed by atoms with van der Waals surface area (Å²) in [5.41, 5.74) is 1.99. The number of carbonyl (C=O) groups excluding carboxylic acids is 2. The van der Waals surface area contributed by atoms with E-state index in [1.165, 1.54) is 5.56 Å². The molecule has 102 valence electrons. The van der Waals surface area contributed by atoms with Crippen molar-refractivity contribution in [3.63, 3.8) is 0 Å². The van der Waals surface area contributed by atoms with Crippen molar-refractivity contribution in [2.45, 2.75) is 39.0 Å². The van der Waals surface area contributed by atoms with E-state index in [9.17, 15) is 9.59 Å². The van der Waals surface area contributed by atoms with Gasteiger partial charge in [0.15, 0.2) is 0 Å². The van der Waals surface area contributed by atoms with Crippen LogP contribution in [0, 0.1) is 0 Å². The molecule has 1 fully saturated rings. The van der Waals surface area contributed by atoms with Gasteiger partial charge in [0.25, 0.3) is 5.91 Å². The lowest BCUT2D eigenvalue weighted by atomic mass is 9.97. The molecule has 0 bridgehead atoms. The van der Waals surface area contributed by atoms with Gasteiger partial charge in [-0.1, -0.05) is 26.0 Å². The van der Waals surface area contributed by atoms with Crippen LogP contribution in [0.4, 0.5) is 0 Å². The van der Waals surface area contributed by atoms with Crippen molar-refractivity contribution in [2.24, 2.45) is 0 Å². The van der Waals surface area contributed by atoms with Gasteiger partial charge in [0.2, 0.25) is 0 Å². The second kappa shape index (κ2) is 6.00. The second-order valence-electron chi connectivity index (χ2n) is 5.26. The van der Waals surface area contributed by atoms with Crippen LogP contribution in [0.5, 0.6) is 0 Å². The Balaban J connectivity index is 2.05. The normalized spacial score (nSPS) is 17.4. The van der Waals surface area contributed by atoms with Gasteiger partial charge in [-0.25, -0.2) is 0 Å². The maximum atomic E-state index is 12.3. The number of hydrogen-bond donors (Lipinski definition) is 0. The highest BCUT2D eigenvalue weighted by molar-refractivity contribution is 5.95. The van der Waals surface area contributed by atoms with Gasteiger partial charge in [-0.2, -0.15) is 0 Å². The molecule has 1 unspecified atom stereocenters. The number of likely N-dealkylation sites (tertiary alicyclic amines) is 1. The molecule has 0 N–H and O–H groups in total. The Morgan fingerprint density at radius 3 is 2.32 bits per heavy atom. The number of piperidine rings is 1. The zero-order valence-electron chi connectivity index (χ0n) is 11.7. The van der Waals surface area contributed by atoms with Crippen LogP contribution in [0.2, 0.25) is 0 Å². The van der Waals surface area contributed by atoms with Crippen molar-refractivity contribution in [3.8, 4) is 0 Å². The highest BCUT2D eigenvalue weighted by Gasteiger charge is 2.21. The van der Waals surface area contributed by atoms with Crippen molar-refractivity contribution < 1.29 is 9.59 Å². The molecule has 0 radical (unpaired) electrons. The van der Waals surface area contributed by atoms with Gasteiger partial charge in [0.1, 0.15) is 5.78 Å². The van der Waals surface area contributed by atoms with Crippen LogP contribution < -0.4 is 0 Å². The molecule has 1 aliphatic rings. The van der Waals surface area contributed by atoms with Crippen LogP contribution in [0.1, 0.15) is 54.9 Å². The number of carbonyl (C=O) groups is 2. The molecule has 0 spiro atoms. The summed E-state index contributed by atoms with van der Waals surface area (Å²) in [6, 6.07) is 7.88. The number of ketones is 1. The highest BCUT2D eigenvalue weighted by atomic mass is 16.2. The maximum Gasteiger partial charge on any atom is 0.253 e. The molecule has 1 aromatic rings. The van der Waals surface area contributed by atoms with Gasteiger partial charge in [-0.05, 0) is 30.0 Å². The Hall–Kier alpha value is -1.64. The van der Waals surface area contributed by atoms with E-state index in [0.29, 0.717) is 31.8 Å². The summed E-state index contributed by atoms with van der Waals surface area (Å²) >= 11 is 0. The first-order valence-corrected chi connectivity index (χ1v) is 7.02. The van der Waals surface area contributed by atoms with E-state index < -0.39 is 0 Å². The topological polar surface area (TPSA) is 37.4 Å². The molecule has 1 aromatic carbocycles. The molecule has 1 amide bonds. The number of rotatable bonds is 3. The number of nitrogens with zero attached hydrogens (tertiary/aromatic N) is 1. The Morgan fingerprint density at radius 1 is 1.21 bits per heavy atom. The van der Waals surface area contributed by atoms with Crippen molar-refractivity contribution >= 4 is 11.7 Å². The lowest BCUT2D eigenvalue weighted by Crippen LogP contribution is -2.38. The minimum Gasteiger partial charge on any atom is -0.338 e. The van der Waals surface area contributed by atoms with Crippen LogP contribution in [0.15, 0.2) is 24.3 Å². The number of benzene rings is 1. The minimum absolute atomic E-state index is 0.0446. The molecule has 1 heterocycles. The van der Waals surface area contributed by atoms with Crippen molar-refractivity contribution in [1.82, 2.24) is 4.90 Å². The lowest BCUT2D eigenvalue weighted by Gasteiger charge is -2.26. The first-order valence-electron chi connectivity index (χ1n) is 7.02. The Labute approximate surface area is 114 Å². The van der Waals surface area contributed by atoms with E-state index in [2.05, 4.69) is 13.8 Å². The SMILES string of the molecule is CCC(C)c1ccc(C(=O)N2CCC(=O)CC2)cc1. The fourth-order valence-electron chi connectivity index (χ4n) is 2.33. The third-order valence-electron chi connectivity index (χ3n) is 3.95. The highest BCUT2D eigenvalue weighted by Crippen LogP contribution is 2.20. The average molecular weight is 259 g/mol. The van der Waals surface area contributed by atoms with Crippen LogP contribution in [0.25, 0.3) is 0 Å². The van der Waals surface area contributed by atoms with E-state index in [1.807, 2.05) is 24.3 Å². The maximum absolute atomic E-state index is 12.3. The monoisotopic (exact) mass is 259 g/mol. The molecule has 0 saturated carbocycles. The smallest absolute Gasteiger partial charge is 0.253 e. The van der Waals surface area contributed by atoms with Crippen LogP contribution in [-0.4, -0.2) is 29.7 Å². The largest absolute Gasteiger partial charge is 0.338 e. The average Bonchev–Trinajstić information content (AvgIpc) is 2.46. The molecule has 0 aliphatic carbocycles. The van der Waals surface area contributed by atoms with Crippen LogP contribution in [0.3, 0.4) is 0 Å². The van der Waals surface area contributed by atoms with Crippen LogP contribution >= 0.6 is 0 Å². The van der Waals surface area contributed by atoms with Crippen molar-refractivity contribution in [1.29, 1.82) is 0 Å². The third kappa shape index (κ3) is 3.22. The van der Waals surface area contributed by atoms with Gasteiger partial charge in [0, 0.05) is 31.5 Å². The fourth-order valence-corrected chi connectivity index (χ4v) is 2.33. The molecule has 19 heavy (non-hydrogen) atoms. The van der Waals surface area contributed by atoms with E-state index in [-0.39, 0.29) is 11.7 Å². The summed E-state index contributed by atoms with van der Waals surface area (Å²) in [4.78, 5) is 25.2. The van der Waals surface area contributed by atoms with Gasteiger partial charge in [-0.15, -0.1) is 0 Å². The molecule has 3 nitrogen and oxygen atoms in total. The number of hydrogen-bond acceptors (Lipinski definition) is 2. The molecule has 3 heteroatoms. The lowest BCUT2D eigenvalue weighted by molar-refractivity contribution is -0.120. The molecule has 2 rings (SSSR count). The van der Waals surface area contributed by atoms with Crippen molar-refractivity contribution in [3.05, 3.63) is 35.4 Å². The Kier molecular flexibility index (Phi) is 4.35. The van der Waals surface area contributed by atoms with E-state index in [0.717, 1.165) is 12.0 Å². The Bertz CT molecular complexity index is 454. The standard InChI is InChI=1S/C16H21NO2/c1-3-12(2)13-4-6-14(7-5-13)16(19)17-10-8-15(18)9-11-17/h4-7,12H,3,8-11H2,1-2H3. The van der Waals surface area contributed by atoms with Gasteiger partial charge < -0.3 is 4.90 Å². The van der Waals surface area contributed by atoms with Gasteiger partial charge in [0.05, 0.1) is 0 Å². The zero-order chi connectivity index (χ0) is 13.8. The van der Waals surface area contributed by atoms with Crippen LogP contribution in [-0.2, 0) is 4.79 Å². The summed E-state index contributed by atoms with van der Waals surface area (Å²) in [5.74, 6) is 0.830. The molecule has 1 atom stereocenters. The predicted molar refractivity (Wildman–Crippen MR) is 75.3 cm³/mol. The summed E-state index contributed by atoms with van der Waals surface area (Å²) in [6.07, 6.45) is 2.09.